The summed E-state index contributed by atoms with van der Waals surface area (Å²) in [5.41, 5.74) is 4.43. The molecule has 3 amide bonds. The van der Waals surface area contributed by atoms with E-state index < -0.39 is 22.0 Å². The predicted octanol–water partition coefficient (Wildman–Crippen LogP) is 8.91. The summed E-state index contributed by atoms with van der Waals surface area (Å²) in [4.78, 5) is 56.6. The van der Waals surface area contributed by atoms with Crippen molar-refractivity contribution in [1.29, 1.82) is 0 Å². The number of aryl methyl sites for hydroxylation is 1. The van der Waals surface area contributed by atoms with Gasteiger partial charge in [-0.05, 0) is 60.0 Å². The van der Waals surface area contributed by atoms with Crippen LogP contribution in [0.5, 0.6) is 0 Å². The monoisotopic (exact) mass is 725 g/mol. The van der Waals surface area contributed by atoms with Crippen molar-refractivity contribution in [2.24, 2.45) is 0 Å². The van der Waals surface area contributed by atoms with Crippen LogP contribution in [0.4, 0.5) is 16.5 Å². The van der Waals surface area contributed by atoms with E-state index in [-0.39, 0.29) is 17.3 Å². The average molecular weight is 726 g/mol. The largest absolute Gasteiger partial charge is 0.321 e. The summed E-state index contributed by atoms with van der Waals surface area (Å²) in [6.07, 6.45) is 1.64. The average Bonchev–Trinajstić information content (AvgIpc) is 3.63. The van der Waals surface area contributed by atoms with Gasteiger partial charge in [-0.3, -0.25) is 24.5 Å². The Kier molecular flexibility index (Phi) is 11.3. The first kappa shape index (κ1) is 35.5. The van der Waals surface area contributed by atoms with Gasteiger partial charge in [0.05, 0.1) is 10.6 Å². The van der Waals surface area contributed by atoms with E-state index in [1.807, 2.05) is 73.7 Å². The number of hydrogen-bond acceptors (Lipinski definition) is 8. The van der Waals surface area contributed by atoms with E-state index in [1.165, 1.54) is 35.2 Å². The summed E-state index contributed by atoms with van der Waals surface area (Å²) < 4.78 is 0. The molecule has 5 aromatic carbocycles. The molecule has 0 aliphatic heterocycles. The van der Waals surface area contributed by atoms with Crippen molar-refractivity contribution in [2.75, 3.05) is 10.6 Å². The normalized spacial score (nSPS) is 11.7. The number of non-ortho nitro benzene ring substituents is 1. The van der Waals surface area contributed by atoms with E-state index in [0.29, 0.717) is 32.5 Å². The van der Waals surface area contributed by atoms with Gasteiger partial charge in [0.25, 0.3) is 17.5 Å². The van der Waals surface area contributed by atoms with Crippen LogP contribution < -0.4 is 16.0 Å². The topological polar surface area (TPSA) is 143 Å². The molecule has 258 valence electrons. The van der Waals surface area contributed by atoms with Gasteiger partial charge in [0.2, 0.25) is 5.91 Å². The highest BCUT2D eigenvalue weighted by Gasteiger charge is 2.24. The van der Waals surface area contributed by atoms with E-state index >= 15 is 0 Å². The van der Waals surface area contributed by atoms with Gasteiger partial charge in [-0.15, -0.1) is 23.1 Å². The van der Waals surface area contributed by atoms with Crippen molar-refractivity contribution in [1.82, 2.24) is 10.3 Å². The summed E-state index contributed by atoms with van der Waals surface area (Å²) in [5, 5.41) is 21.2. The molecular formula is C40H31N5O5S2. The molecule has 1 heterocycles. The molecule has 10 nitrogen and oxygen atoms in total. The number of thioether (sulfide) groups is 1. The molecule has 3 N–H and O–H groups in total. The Bertz CT molecular complexity index is 2280. The predicted molar refractivity (Wildman–Crippen MR) is 206 cm³/mol. The Labute approximate surface area is 307 Å². The lowest BCUT2D eigenvalue weighted by atomic mass is 10.1. The van der Waals surface area contributed by atoms with Crippen LogP contribution in [0.25, 0.3) is 17.3 Å². The molecule has 12 heteroatoms. The molecule has 1 atom stereocenters. The van der Waals surface area contributed by atoms with Crippen molar-refractivity contribution < 1.29 is 19.3 Å². The fourth-order valence-electron chi connectivity index (χ4n) is 5.14. The standard InChI is InChI=1S/C40H31N5O5S2/c1-26-12-8-9-17-29(26)23-34(42-37(46)28-15-6-3-7-16-28)38(47)41-31-19-11-21-33(24-31)52-36(27-13-4-2-5-14-27)39(48)44-40-43-35(25-51-40)30-18-10-20-32(22-30)45(49)50/h2-25,36H,1H3,(H,41,47)(H,42,46)(H,43,44,48)/b34-23-. The second-order valence-corrected chi connectivity index (χ2v) is 13.5. The fourth-order valence-corrected chi connectivity index (χ4v) is 6.95. The molecule has 0 fully saturated rings. The van der Waals surface area contributed by atoms with Crippen LogP contribution in [0.15, 0.2) is 149 Å². The highest BCUT2D eigenvalue weighted by atomic mass is 32.2. The lowest BCUT2D eigenvalue weighted by Gasteiger charge is -2.17. The number of nitro groups is 1. The van der Waals surface area contributed by atoms with Gasteiger partial charge in [0, 0.05) is 39.2 Å². The minimum atomic E-state index is -0.695. The number of aromatic nitrogens is 1. The number of amides is 3. The van der Waals surface area contributed by atoms with Crippen LogP contribution in [-0.4, -0.2) is 27.6 Å². The second-order valence-electron chi connectivity index (χ2n) is 11.5. The van der Waals surface area contributed by atoms with Gasteiger partial charge >= 0.3 is 0 Å². The molecule has 0 radical (unpaired) electrons. The van der Waals surface area contributed by atoms with Crippen LogP contribution in [0.1, 0.15) is 32.3 Å². The van der Waals surface area contributed by atoms with Crippen molar-refractivity contribution in [2.45, 2.75) is 17.1 Å². The summed E-state index contributed by atoms with van der Waals surface area (Å²) in [5.74, 6) is -1.26. The highest BCUT2D eigenvalue weighted by molar-refractivity contribution is 8.00. The number of anilines is 2. The molecule has 0 aliphatic carbocycles. The molecule has 0 saturated carbocycles. The first-order valence-electron chi connectivity index (χ1n) is 16.0. The third kappa shape index (κ3) is 9.04. The van der Waals surface area contributed by atoms with Crippen LogP contribution in [0.2, 0.25) is 0 Å². The van der Waals surface area contributed by atoms with Crippen LogP contribution in [-0.2, 0) is 9.59 Å². The molecule has 6 aromatic rings. The molecule has 1 aromatic heterocycles. The Morgan fingerprint density at radius 1 is 0.827 bits per heavy atom. The zero-order valence-electron chi connectivity index (χ0n) is 27.7. The minimum Gasteiger partial charge on any atom is -0.321 e. The number of nitrogens with one attached hydrogen (secondary N) is 3. The molecule has 0 spiro atoms. The Morgan fingerprint density at radius 3 is 2.29 bits per heavy atom. The van der Waals surface area contributed by atoms with Gasteiger partial charge in [0.1, 0.15) is 10.9 Å². The highest BCUT2D eigenvalue weighted by Crippen LogP contribution is 2.38. The number of hydrogen-bond donors (Lipinski definition) is 3. The molecule has 0 saturated heterocycles. The van der Waals surface area contributed by atoms with Gasteiger partial charge in [-0.2, -0.15) is 0 Å². The number of carbonyl (C=O) groups excluding carboxylic acids is 3. The van der Waals surface area contributed by atoms with Crippen molar-refractivity contribution in [3.05, 3.63) is 177 Å². The third-order valence-electron chi connectivity index (χ3n) is 7.79. The van der Waals surface area contributed by atoms with Gasteiger partial charge < -0.3 is 16.0 Å². The molecule has 6 rings (SSSR count). The quantitative estimate of drug-likeness (QED) is 0.0495. The maximum absolute atomic E-state index is 13.8. The van der Waals surface area contributed by atoms with Gasteiger partial charge in [0.15, 0.2) is 5.13 Å². The third-order valence-corrected chi connectivity index (χ3v) is 9.80. The second kappa shape index (κ2) is 16.6. The molecule has 0 aliphatic rings. The number of nitrogens with zero attached hydrogens (tertiary/aromatic N) is 2. The Hall–Kier alpha value is -6.37. The fraction of sp³-hybridized carbons (Fsp3) is 0.0500. The lowest BCUT2D eigenvalue weighted by Crippen LogP contribution is -2.30. The van der Waals surface area contributed by atoms with E-state index in [0.717, 1.165) is 16.7 Å². The van der Waals surface area contributed by atoms with E-state index in [1.54, 1.807) is 66.1 Å². The first-order chi connectivity index (χ1) is 25.2. The zero-order valence-corrected chi connectivity index (χ0v) is 29.3. The first-order valence-corrected chi connectivity index (χ1v) is 17.8. The minimum absolute atomic E-state index is 0.0504. The van der Waals surface area contributed by atoms with Crippen LogP contribution >= 0.6 is 23.1 Å². The molecule has 1 unspecified atom stereocenters. The molecular weight excluding hydrogens is 695 g/mol. The van der Waals surface area contributed by atoms with E-state index in [4.69, 9.17) is 0 Å². The van der Waals surface area contributed by atoms with Gasteiger partial charge in [-0.25, -0.2) is 4.98 Å². The van der Waals surface area contributed by atoms with E-state index in [2.05, 4.69) is 20.9 Å². The number of thiazole rings is 1. The van der Waals surface area contributed by atoms with Crippen LogP contribution in [0, 0.1) is 17.0 Å². The lowest BCUT2D eigenvalue weighted by molar-refractivity contribution is -0.384. The van der Waals surface area contributed by atoms with Crippen molar-refractivity contribution in [3.63, 3.8) is 0 Å². The summed E-state index contributed by atoms with van der Waals surface area (Å²) >= 11 is 2.51. The number of benzene rings is 5. The molecule has 0 bridgehead atoms. The smallest absolute Gasteiger partial charge is 0.272 e. The van der Waals surface area contributed by atoms with E-state index in [9.17, 15) is 24.5 Å². The Balaban J connectivity index is 1.21. The number of nitro benzene ring substituents is 1. The summed E-state index contributed by atoms with van der Waals surface area (Å²) in [7, 11) is 0. The maximum Gasteiger partial charge on any atom is 0.272 e. The van der Waals surface area contributed by atoms with Gasteiger partial charge in [-0.1, -0.05) is 91.0 Å². The zero-order chi connectivity index (χ0) is 36.5. The van der Waals surface area contributed by atoms with Crippen molar-refractivity contribution in [3.8, 4) is 11.3 Å². The maximum atomic E-state index is 13.8. The Morgan fingerprint density at radius 2 is 1.54 bits per heavy atom. The summed E-state index contributed by atoms with van der Waals surface area (Å²) in [6, 6.07) is 38.7. The molecule has 52 heavy (non-hydrogen) atoms. The number of rotatable bonds is 12. The number of carbonyl (C=O) groups is 3. The summed E-state index contributed by atoms with van der Waals surface area (Å²) in [6.45, 7) is 1.92. The van der Waals surface area contributed by atoms with Crippen molar-refractivity contribution >= 4 is 63.4 Å². The SMILES string of the molecule is Cc1ccccc1/C=C(\NC(=O)c1ccccc1)C(=O)Nc1cccc(SC(C(=O)Nc2nc(-c3cccc([N+](=O)[O-])c3)cs2)c2ccccc2)c1. The van der Waals surface area contributed by atoms with Crippen LogP contribution in [0.3, 0.4) is 0 Å².